The van der Waals surface area contributed by atoms with Gasteiger partial charge in [0.1, 0.15) is 0 Å². The maximum atomic E-state index is 12.5. The van der Waals surface area contributed by atoms with Gasteiger partial charge in [-0.05, 0) is 23.6 Å². The minimum Gasteiger partial charge on any atom is -0.350 e. The molecule has 1 aliphatic rings. The molecule has 0 unspecified atom stereocenters. The summed E-state index contributed by atoms with van der Waals surface area (Å²) in [5.74, 6) is -0.326. The van der Waals surface area contributed by atoms with Crippen molar-refractivity contribution in [2.24, 2.45) is 7.05 Å². The SMILES string of the molecule is Cn1cc(C(=O)NNC(=O)N2CCc3ccccc3C2)c2ccccc21. The summed E-state index contributed by atoms with van der Waals surface area (Å²) in [5.41, 5.74) is 8.99. The molecule has 1 aliphatic heterocycles. The Hall–Kier alpha value is -3.28. The van der Waals surface area contributed by atoms with E-state index in [1.165, 1.54) is 5.56 Å². The molecule has 0 atom stereocenters. The molecule has 2 heterocycles. The number of aromatic nitrogens is 1. The Morgan fingerprint density at radius 2 is 1.69 bits per heavy atom. The lowest BCUT2D eigenvalue weighted by molar-refractivity contribution is 0.0930. The van der Waals surface area contributed by atoms with Crippen molar-refractivity contribution in [2.75, 3.05) is 6.54 Å². The minimum atomic E-state index is -0.326. The number of para-hydroxylation sites is 1. The second kappa shape index (κ2) is 6.55. The van der Waals surface area contributed by atoms with Gasteiger partial charge in [0.25, 0.3) is 5.91 Å². The predicted octanol–water partition coefficient (Wildman–Crippen LogP) is 2.59. The molecule has 6 heteroatoms. The number of nitrogens with zero attached hydrogens (tertiary/aromatic N) is 2. The maximum absolute atomic E-state index is 12.5. The zero-order valence-corrected chi connectivity index (χ0v) is 14.5. The second-order valence-electron chi connectivity index (χ2n) is 6.50. The van der Waals surface area contributed by atoms with E-state index in [4.69, 9.17) is 0 Å². The molecule has 1 aromatic heterocycles. The first kappa shape index (κ1) is 16.2. The molecular formula is C20H20N4O2. The molecule has 0 aliphatic carbocycles. The standard InChI is InChI=1S/C20H20N4O2/c1-23-13-17(16-8-4-5-9-18(16)23)19(25)21-22-20(26)24-11-10-14-6-2-3-7-15(14)12-24/h2-9,13H,10-12H2,1H3,(H,21,25)(H,22,26). The van der Waals surface area contributed by atoms with Crippen LogP contribution in [0.5, 0.6) is 0 Å². The molecular weight excluding hydrogens is 328 g/mol. The van der Waals surface area contributed by atoms with Crippen molar-refractivity contribution in [3.05, 3.63) is 71.4 Å². The Labute approximate surface area is 151 Å². The number of urea groups is 1. The van der Waals surface area contributed by atoms with Gasteiger partial charge in [-0.1, -0.05) is 42.5 Å². The van der Waals surface area contributed by atoms with Crippen molar-refractivity contribution >= 4 is 22.8 Å². The zero-order valence-electron chi connectivity index (χ0n) is 14.5. The molecule has 3 amide bonds. The summed E-state index contributed by atoms with van der Waals surface area (Å²) in [6.45, 7) is 1.18. The van der Waals surface area contributed by atoms with E-state index in [-0.39, 0.29) is 11.9 Å². The van der Waals surface area contributed by atoms with E-state index in [2.05, 4.69) is 16.9 Å². The first-order chi connectivity index (χ1) is 12.6. The molecule has 26 heavy (non-hydrogen) atoms. The van der Waals surface area contributed by atoms with Gasteiger partial charge in [-0.2, -0.15) is 0 Å². The Morgan fingerprint density at radius 1 is 0.962 bits per heavy atom. The van der Waals surface area contributed by atoms with Crippen molar-refractivity contribution in [1.29, 1.82) is 0 Å². The lowest BCUT2D eigenvalue weighted by Crippen LogP contribution is -2.50. The van der Waals surface area contributed by atoms with Gasteiger partial charge in [-0.3, -0.25) is 10.2 Å². The number of amides is 3. The number of hydrogen-bond donors (Lipinski definition) is 2. The number of benzene rings is 2. The smallest absolute Gasteiger partial charge is 0.336 e. The van der Waals surface area contributed by atoms with Gasteiger partial charge in [0.05, 0.1) is 5.56 Å². The number of rotatable bonds is 1. The molecule has 3 aromatic rings. The Bertz CT molecular complexity index is 992. The summed E-state index contributed by atoms with van der Waals surface area (Å²) in [6, 6.07) is 15.5. The van der Waals surface area contributed by atoms with Crippen LogP contribution in [0.25, 0.3) is 10.9 Å². The Morgan fingerprint density at radius 3 is 2.54 bits per heavy atom. The van der Waals surface area contributed by atoms with E-state index < -0.39 is 0 Å². The Balaban J connectivity index is 1.42. The van der Waals surface area contributed by atoms with Gasteiger partial charge in [-0.25, -0.2) is 10.2 Å². The topological polar surface area (TPSA) is 66.4 Å². The fraction of sp³-hybridized carbons (Fsp3) is 0.200. The van der Waals surface area contributed by atoms with Crippen LogP contribution in [0.1, 0.15) is 21.5 Å². The summed E-state index contributed by atoms with van der Waals surface area (Å²) >= 11 is 0. The van der Waals surface area contributed by atoms with E-state index in [0.717, 1.165) is 22.9 Å². The number of fused-ring (bicyclic) bond motifs is 2. The summed E-state index contributed by atoms with van der Waals surface area (Å²) in [5, 5.41) is 0.855. The van der Waals surface area contributed by atoms with Gasteiger partial charge < -0.3 is 9.47 Å². The normalized spacial score (nSPS) is 13.3. The van der Waals surface area contributed by atoms with Crippen LogP contribution < -0.4 is 10.9 Å². The lowest BCUT2D eigenvalue weighted by atomic mass is 10.0. The van der Waals surface area contributed by atoms with Crippen molar-refractivity contribution < 1.29 is 9.59 Å². The first-order valence-electron chi connectivity index (χ1n) is 8.59. The summed E-state index contributed by atoms with van der Waals surface area (Å²) < 4.78 is 1.90. The summed E-state index contributed by atoms with van der Waals surface area (Å²) in [6.07, 6.45) is 2.59. The second-order valence-corrected chi connectivity index (χ2v) is 6.50. The molecule has 132 valence electrons. The van der Waals surface area contributed by atoms with E-state index in [1.807, 2.05) is 54.1 Å². The van der Waals surface area contributed by atoms with Crippen LogP contribution in [0.3, 0.4) is 0 Å². The van der Waals surface area contributed by atoms with Crippen LogP contribution in [0.4, 0.5) is 4.79 Å². The van der Waals surface area contributed by atoms with Gasteiger partial charge >= 0.3 is 6.03 Å². The van der Waals surface area contributed by atoms with Crippen molar-refractivity contribution in [1.82, 2.24) is 20.3 Å². The van der Waals surface area contributed by atoms with E-state index in [9.17, 15) is 9.59 Å². The van der Waals surface area contributed by atoms with Crippen molar-refractivity contribution in [3.63, 3.8) is 0 Å². The number of hydrogen-bond acceptors (Lipinski definition) is 2. The molecule has 0 bridgehead atoms. The van der Waals surface area contributed by atoms with E-state index >= 15 is 0 Å². The highest BCUT2D eigenvalue weighted by atomic mass is 16.2. The van der Waals surface area contributed by atoms with Crippen LogP contribution in [0, 0.1) is 0 Å². The predicted molar refractivity (Wildman–Crippen MR) is 99.5 cm³/mol. The molecule has 0 saturated carbocycles. The molecule has 2 aromatic carbocycles. The highest BCUT2D eigenvalue weighted by Crippen LogP contribution is 2.20. The number of nitrogens with one attached hydrogen (secondary N) is 2. The molecule has 0 saturated heterocycles. The first-order valence-corrected chi connectivity index (χ1v) is 8.59. The van der Waals surface area contributed by atoms with Gasteiger partial charge in [0, 0.05) is 37.2 Å². The average molecular weight is 348 g/mol. The van der Waals surface area contributed by atoms with Gasteiger partial charge in [0.2, 0.25) is 0 Å². The van der Waals surface area contributed by atoms with Crippen LogP contribution in [0.15, 0.2) is 54.7 Å². The quantitative estimate of drug-likeness (QED) is 0.664. The minimum absolute atomic E-state index is 0.298. The third-order valence-corrected chi connectivity index (χ3v) is 4.84. The van der Waals surface area contributed by atoms with Gasteiger partial charge in [0.15, 0.2) is 0 Å². The Kier molecular flexibility index (Phi) is 4.08. The van der Waals surface area contributed by atoms with Gasteiger partial charge in [-0.15, -0.1) is 0 Å². The highest BCUT2D eigenvalue weighted by Gasteiger charge is 2.21. The number of hydrazine groups is 1. The average Bonchev–Trinajstić information content (AvgIpc) is 3.02. The third kappa shape index (κ3) is 2.90. The molecule has 0 fully saturated rings. The molecule has 0 radical (unpaired) electrons. The fourth-order valence-electron chi connectivity index (χ4n) is 3.45. The highest BCUT2D eigenvalue weighted by molar-refractivity contribution is 6.07. The number of carbonyl (C=O) groups excluding carboxylic acids is 2. The van der Waals surface area contributed by atoms with Crippen molar-refractivity contribution in [3.8, 4) is 0 Å². The summed E-state index contributed by atoms with van der Waals surface area (Å²) in [4.78, 5) is 26.6. The molecule has 2 N–H and O–H groups in total. The number of carbonyl (C=O) groups is 2. The van der Waals surface area contributed by atoms with Crippen LogP contribution in [0.2, 0.25) is 0 Å². The lowest BCUT2D eigenvalue weighted by Gasteiger charge is -2.28. The molecule has 4 rings (SSSR count). The third-order valence-electron chi connectivity index (χ3n) is 4.84. The molecule has 0 spiro atoms. The number of aryl methyl sites for hydroxylation is 1. The maximum Gasteiger partial charge on any atom is 0.336 e. The van der Waals surface area contributed by atoms with E-state index in [1.54, 1.807) is 11.1 Å². The molecule has 6 nitrogen and oxygen atoms in total. The van der Waals surface area contributed by atoms with E-state index in [0.29, 0.717) is 18.7 Å². The largest absolute Gasteiger partial charge is 0.350 e. The summed E-state index contributed by atoms with van der Waals surface area (Å²) in [7, 11) is 1.89. The van der Waals surface area contributed by atoms with Crippen LogP contribution >= 0.6 is 0 Å². The van der Waals surface area contributed by atoms with Crippen LogP contribution in [-0.2, 0) is 20.0 Å². The fourth-order valence-corrected chi connectivity index (χ4v) is 3.45. The zero-order chi connectivity index (χ0) is 18.1. The van der Waals surface area contributed by atoms with Crippen molar-refractivity contribution in [2.45, 2.75) is 13.0 Å². The van der Waals surface area contributed by atoms with Crippen LogP contribution in [-0.4, -0.2) is 28.0 Å². The monoisotopic (exact) mass is 348 g/mol.